The molecular formula is C40H58N4O4. The lowest BCUT2D eigenvalue weighted by Crippen LogP contribution is -2.67. The fourth-order valence-corrected chi connectivity index (χ4v) is 13.5. The van der Waals surface area contributed by atoms with E-state index >= 15 is 0 Å². The summed E-state index contributed by atoms with van der Waals surface area (Å²) >= 11 is 0. The number of ether oxygens (including phenoxy) is 2. The number of carbonyl (C=O) groups is 2. The Labute approximate surface area is 287 Å². The van der Waals surface area contributed by atoms with Crippen LogP contribution in [-0.2, 0) is 9.47 Å². The van der Waals surface area contributed by atoms with Crippen LogP contribution in [-0.4, -0.2) is 50.9 Å². The maximum atomic E-state index is 14.7. The van der Waals surface area contributed by atoms with Crippen LogP contribution in [0.3, 0.4) is 0 Å². The molecule has 8 heteroatoms. The summed E-state index contributed by atoms with van der Waals surface area (Å²) in [5.41, 5.74) is 1.06. The molecule has 0 saturated heterocycles. The molecule has 5 saturated carbocycles. The van der Waals surface area contributed by atoms with Crippen molar-refractivity contribution in [1.82, 2.24) is 19.1 Å². The third-order valence-electron chi connectivity index (χ3n) is 16.0. The number of carbonyl (C=O) groups excluding carboxylic acids is 2. The van der Waals surface area contributed by atoms with Crippen LogP contribution >= 0.6 is 0 Å². The second kappa shape index (κ2) is 11.4. The van der Waals surface area contributed by atoms with Crippen LogP contribution in [0.5, 0.6) is 0 Å². The van der Waals surface area contributed by atoms with Crippen LogP contribution in [0.4, 0.5) is 4.79 Å². The third-order valence-corrected chi connectivity index (χ3v) is 16.0. The molecule has 5 aliphatic rings. The van der Waals surface area contributed by atoms with E-state index in [4.69, 9.17) is 9.47 Å². The van der Waals surface area contributed by atoms with Gasteiger partial charge >= 0.3 is 6.09 Å². The van der Waals surface area contributed by atoms with Crippen LogP contribution < -0.4 is 0 Å². The topological polar surface area (TPSA) is 88.2 Å². The molecule has 2 heterocycles. The van der Waals surface area contributed by atoms with Crippen LogP contribution in [0.2, 0.25) is 0 Å². The molecule has 5 fully saturated rings. The third kappa shape index (κ3) is 4.48. The van der Waals surface area contributed by atoms with Gasteiger partial charge in [0.15, 0.2) is 0 Å². The number of aryl methyl sites for hydroxylation is 2. The van der Waals surface area contributed by atoms with Crippen molar-refractivity contribution < 1.29 is 19.1 Å². The highest BCUT2D eigenvalue weighted by atomic mass is 16.6. The quantitative estimate of drug-likeness (QED) is 0.299. The summed E-state index contributed by atoms with van der Waals surface area (Å²) in [5.74, 6) is 3.74. The number of hydrogen-bond donors (Lipinski definition) is 0. The summed E-state index contributed by atoms with van der Waals surface area (Å²) in [6.45, 7) is 21.5. The van der Waals surface area contributed by atoms with Crippen LogP contribution in [0, 0.1) is 70.5 Å². The first kappa shape index (κ1) is 33.7. The van der Waals surface area contributed by atoms with E-state index < -0.39 is 5.41 Å². The average molecular weight is 659 g/mol. The second-order valence-electron chi connectivity index (χ2n) is 17.8. The Morgan fingerprint density at radius 3 is 2.17 bits per heavy atom. The first-order valence-electron chi connectivity index (χ1n) is 18.6. The van der Waals surface area contributed by atoms with Gasteiger partial charge in [-0.3, -0.25) is 9.36 Å². The van der Waals surface area contributed by atoms with Gasteiger partial charge in [-0.2, -0.15) is 0 Å². The molecule has 262 valence electrons. The van der Waals surface area contributed by atoms with Gasteiger partial charge in [0, 0.05) is 37.3 Å². The summed E-state index contributed by atoms with van der Waals surface area (Å²) in [4.78, 5) is 36.6. The molecule has 0 aromatic carbocycles. The molecule has 0 radical (unpaired) electrons. The number of rotatable bonds is 5. The number of hydrogen-bond acceptors (Lipinski definition) is 6. The SMILES string of the molecule is C=C(COC)[C@@H]1CC[C@]2(C(=O)n3ccnc3C)CC[C@]3(C)[C@H](CC[C@@H]4[C@@]5(C)CC[C@H](OC(=O)n6ccnc6C)C(C)(C)[C@@H]5CC[C@]43C)[C@@H]12. The van der Waals surface area contributed by atoms with Gasteiger partial charge in [-0.1, -0.05) is 41.2 Å². The lowest BCUT2D eigenvalue weighted by atomic mass is 9.32. The fraction of sp³-hybridized carbons (Fsp3) is 0.750. The minimum Gasteiger partial charge on any atom is -0.445 e. The number of imidazole rings is 2. The van der Waals surface area contributed by atoms with Gasteiger partial charge in [0.1, 0.15) is 17.8 Å². The highest BCUT2D eigenvalue weighted by Crippen LogP contribution is 2.77. The van der Waals surface area contributed by atoms with Crippen molar-refractivity contribution in [3.63, 3.8) is 0 Å². The van der Waals surface area contributed by atoms with E-state index in [9.17, 15) is 9.59 Å². The van der Waals surface area contributed by atoms with E-state index in [0.717, 1.165) is 62.8 Å². The normalized spacial score (nSPS) is 41.4. The monoisotopic (exact) mass is 658 g/mol. The minimum atomic E-state index is -0.390. The number of fused-ring (bicyclic) bond motifs is 7. The van der Waals surface area contributed by atoms with Crippen molar-refractivity contribution in [2.24, 2.45) is 56.7 Å². The van der Waals surface area contributed by atoms with Crippen LogP contribution in [0.1, 0.15) is 115 Å². The molecule has 0 N–H and O–H groups in total. The highest BCUT2D eigenvalue weighted by Gasteiger charge is 2.72. The predicted molar refractivity (Wildman–Crippen MR) is 185 cm³/mol. The van der Waals surface area contributed by atoms with Crippen molar-refractivity contribution in [2.75, 3.05) is 13.7 Å². The molecular weight excluding hydrogens is 600 g/mol. The molecule has 10 atom stereocenters. The molecule has 8 nitrogen and oxygen atoms in total. The minimum absolute atomic E-state index is 0.116. The Balaban J connectivity index is 1.21. The van der Waals surface area contributed by atoms with Gasteiger partial charge in [-0.15, -0.1) is 0 Å². The van der Waals surface area contributed by atoms with Gasteiger partial charge in [0.05, 0.1) is 12.0 Å². The van der Waals surface area contributed by atoms with Crippen molar-refractivity contribution >= 4 is 12.0 Å². The molecule has 0 aliphatic heterocycles. The van der Waals surface area contributed by atoms with Gasteiger partial charge in [0.25, 0.3) is 0 Å². The maximum absolute atomic E-state index is 14.7. The smallest absolute Gasteiger partial charge is 0.419 e. The van der Waals surface area contributed by atoms with Crippen LogP contribution in [0.15, 0.2) is 36.9 Å². The number of aromatic nitrogens is 4. The Bertz CT molecular complexity index is 1610. The Kier molecular flexibility index (Phi) is 8.01. The van der Waals surface area contributed by atoms with Crippen molar-refractivity contribution in [2.45, 2.75) is 119 Å². The van der Waals surface area contributed by atoms with Gasteiger partial charge in [-0.25, -0.2) is 19.3 Å². The lowest BCUT2D eigenvalue weighted by Gasteiger charge is -2.72. The second-order valence-corrected chi connectivity index (χ2v) is 17.8. The van der Waals surface area contributed by atoms with E-state index in [2.05, 4.69) is 51.2 Å². The van der Waals surface area contributed by atoms with Crippen LogP contribution in [0.25, 0.3) is 0 Å². The fourth-order valence-electron chi connectivity index (χ4n) is 13.5. The maximum Gasteiger partial charge on any atom is 0.419 e. The summed E-state index contributed by atoms with van der Waals surface area (Å²) < 4.78 is 15.3. The standard InChI is InChI=1S/C40H58N4O4/c1-25(24-47-9)28-12-17-40(34(45)43-22-20-41-26(43)2)19-18-38(7)29(33(28)40)10-11-31-37(6)15-14-32(48-35(46)44-23-21-42-27(44)3)36(4,5)30(37)13-16-39(31,38)8/h20-23,28-33H,1,10-19,24H2,2-9H3/t28-,29+,30-,31+,32-,33+,37-,38+,39+,40-/m0/s1. The largest absolute Gasteiger partial charge is 0.445 e. The summed E-state index contributed by atoms with van der Waals surface area (Å²) in [6, 6.07) is 0. The van der Waals surface area contributed by atoms with E-state index in [1.54, 1.807) is 25.7 Å². The molecule has 5 aliphatic carbocycles. The van der Waals surface area contributed by atoms with Gasteiger partial charge in [0.2, 0.25) is 5.91 Å². The Morgan fingerprint density at radius 2 is 1.52 bits per heavy atom. The number of nitrogens with zero attached hydrogens (tertiary/aromatic N) is 4. The molecule has 0 amide bonds. The van der Waals surface area contributed by atoms with Crippen molar-refractivity contribution in [1.29, 1.82) is 0 Å². The lowest BCUT2D eigenvalue weighted by molar-refractivity contribution is -0.244. The molecule has 7 rings (SSSR count). The molecule has 0 unspecified atom stereocenters. The zero-order valence-electron chi connectivity index (χ0n) is 30.7. The first-order valence-corrected chi connectivity index (χ1v) is 18.6. The highest BCUT2D eigenvalue weighted by molar-refractivity contribution is 5.86. The van der Waals surface area contributed by atoms with Gasteiger partial charge < -0.3 is 9.47 Å². The van der Waals surface area contributed by atoms with E-state index in [-0.39, 0.29) is 51.6 Å². The van der Waals surface area contributed by atoms with Crippen molar-refractivity contribution in [3.05, 3.63) is 48.6 Å². The Hall–Kier alpha value is -2.74. The predicted octanol–water partition coefficient (Wildman–Crippen LogP) is 8.67. The molecule has 2 aromatic rings. The summed E-state index contributed by atoms with van der Waals surface area (Å²) in [7, 11) is 1.76. The number of methoxy groups -OCH3 is 1. The summed E-state index contributed by atoms with van der Waals surface area (Å²) in [6.07, 6.45) is 17.1. The first-order chi connectivity index (χ1) is 22.7. The van der Waals surface area contributed by atoms with Gasteiger partial charge in [-0.05, 0) is 129 Å². The van der Waals surface area contributed by atoms with Crippen molar-refractivity contribution in [3.8, 4) is 0 Å². The molecule has 48 heavy (non-hydrogen) atoms. The zero-order chi connectivity index (χ0) is 34.4. The zero-order valence-corrected chi connectivity index (χ0v) is 30.7. The van der Waals surface area contributed by atoms with E-state index in [0.29, 0.717) is 30.2 Å². The van der Waals surface area contributed by atoms with E-state index in [1.807, 2.05) is 24.6 Å². The average Bonchev–Trinajstić information content (AvgIpc) is 3.77. The summed E-state index contributed by atoms with van der Waals surface area (Å²) in [5, 5.41) is 0. The van der Waals surface area contributed by atoms with E-state index in [1.165, 1.54) is 17.4 Å². The Morgan fingerprint density at radius 1 is 0.833 bits per heavy atom. The molecule has 0 bridgehead atoms. The molecule has 2 aromatic heterocycles. The molecule has 0 spiro atoms.